The number of nitrogens with one attached hydrogen (secondary N) is 1. The van der Waals surface area contributed by atoms with Crippen LogP contribution in [0, 0.1) is 15.9 Å². The molecule has 136 valence electrons. The predicted molar refractivity (Wildman–Crippen MR) is 95.0 cm³/mol. The molecule has 0 atom stereocenters. The standard InChI is InChI=1S/C19H19FN2O4/c20-14-8-6-13(7-9-14)19(23)21-17-11-10-15(22(24)25)12-18(17)26-16-4-2-1-3-5-16/h6-12,16H,1-5H2,(H,21,23). The van der Waals surface area contributed by atoms with Crippen LogP contribution < -0.4 is 10.1 Å². The number of nitro groups is 1. The molecule has 0 saturated heterocycles. The number of benzene rings is 2. The van der Waals surface area contributed by atoms with Gasteiger partial charge in [-0.3, -0.25) is 14.9 Å². The number of amides is 1. The average molecular weight is 358 g/mol. The summed E-state index contributed by atoms with van der Waals surface area (Å²) in [7, 11) is 0. The molecule has 3 rings (SSSR count). The fourth-order valence-corrected chi connectivity index (χ4v) is 2.98. The van der Waals surface area contributed by atoms with Crippen LogP contribution in [0.3, 0.4) is 0 Å². The Balaban J connectivity index is 1.83. The van der Waals surface area contributed by atoms with Crippen molar-refractivity contribution in [3.63, 3.8) is 0 Å². The second-order valence-electron chi connectivity index (χ2n) is 6.28. The van der Waals surface area contributed by atoms with Gasteiger partial charge in [0.25, 0.3) is 11.6 Å². The first-order chi connectivity index (χ1) is 12.5. The molecule has 1 saturated carbocycles. The van der Waals surface area contributed by atoms with Crippen LogP contribution >= 0.6 is 0 Å². The molecule has 1 aliphatic rings. The van der Waals surface area contributed by atoms with Crippen LogP contribution in [0.2, 0.25) is 0 Å². The van der Waals surface area contributed by atoms with E-state index in [1.807, 2.05) is 0 Å². The predicted octanol–water partition coefficient (Wildman–Crippen LogP) is 4.70. The van der Waals surface area contributed by atoms with Crippen LogP contribution in [-0.2, 0) is 0 Å². The number of hydrogen-bond acceptors (Lipinski definition) is 4. The average Bonchev–Trinajstić information content (AvgIpc) is 2.64. The Bertz CT molecular complexity index is 802. The lowest BCUT2D eigenvalue weighted by molar-refractivity contribution is -0.384. The third-order valence-electron chi connectivity index (χ3n) is 4.38. The van der Waals surface area contributed by atoms with Crippen LogP contribution in [0.5, 0.6) is 5.75 Å². The summed E-state index contributed by atoms with van der Waals surface area (Å²) in [5, 5.41) is 13.8. The van der Waals surface area contributed by atoms with Crippen LogP contribution in [0.25, 0.3) is 0 Å². The van der Waals surface area contributed by atoms with Gasteiger partial charge in [-0.2, -0.15) is 0 Å². The van der Waals surface area contributed by atoms with E-state index in [0.717, 1.165) is 32.1 Å². The lowest BCUT2D eigenvalue weighted by atomic mass is 9.98. The Morgan fingerprint density at radius 3 is 2.46 bits per heavy atom. The molecule has 0 spiro atoms. The number of ether oxygens (including phenoxy) is 1. The van der Waals surface area contributed by atoms with Crippen LogP contribution in [0.1, 0.15) is 42.5 Å². The topological polar surface area (TPSA) is 81.5 Å². The van der Waals surface area contributed by atoms with E-state index >= 15 is 0 Å². The van der Waals surface area contributed by atoms with E-state index in [4.69, 9.17) is 4.74 Å². The molecule has 6 nitrogen and oxygen atoms in total. The molecule has 0 heterocycles. The number of carbonyl (C=O) groups is 1. The summed E-state index contributed by atoms with van der Waals surface area (Å²) in [5.41, 5.74) is 0.541. The number of non-ortho nitro benzene ring substituents is 1. The minimum atomic E-state index is -0.501. The molecule has 0 radical (unpaired) electrons. The number of nitrogens with zero attached hydrogens (tertiary/aromatic N) is 1. The second kappa shape index (κ2) is 7.95. The Morgan fingerprint density at radius 2 is 1.81 bits per heavy atom. The van der Waals surface area contributed by atoms with Gasteiger partial charge in [0.15, 0.2) is 0 Å². The molecule has 26 heavy (non-hydrogen) atoms. The summed E-state index contributed by atoms with van der Waals surface area (Å²) >= 11 is 0. The van der Waals surface area contributed by atoms with Gasteiger partial charge >= 0.3 is 0 Å². The normalized spacial score (nSPS) is 14.7. The van der Waals surface area contributed by atoms with E-state index in [9.17, 15) is 19.3 Å². The number of carbonyl (C=O) groups excluding carboxylic acids is 1. The summed E-state index contributed by atoms with van der Waals surface area (Å²) in [6.45, 7) is 0. The van der Waals surface area contributed by atoms with Crippen molar-refractivity contribution in [2.75, 3.05) is 5.32 Å². The molecule has 1 fully saturated rings. The molecule has 1 aliphatic carbocycles. The number of hydrogen-bond donors (Lipinski definition) is 1. The van der Waals surface area contributed by atoms with Gasteiger partial charge in [-0.05, 0) is 56.0 Å². The third kappa shape index (κ3) is 4.36. The first kappa shape index (κ1) is 17.8. The molecule has 2 aromatic rings. The van der Waals surface area contributed by atoms with E-state index in [0.29, 0.717) is 5.69 Å². The molecule has 2 aromatic carbocycles. The van der Waals surface area contributed by atoms with E-state index in [2.05, 4.69) is 5.32 Å². The summed E-state index contributed by atoms with van der Waals surface area (Å²) in [5.74, 6) is -0.591. The summed E-state index contributed by atoms with van der Waals surface area (Å²) in [6, 6.07) is 9.24. The van der Waals surface area contributed by atoms with Crippen LogP contribution in [0.4, 0.5) is 15.8 Å². The van der Waals surface area contributed by atoms with Gasteiger partial charge < -0.3 is 10.1 Å². The van der Waals surface area contributed by atoms with E-state index in [1.165, 1.54) is 42.5 Å². The van der Waals surface area contributed by atoms with E-state index in [-0.39, 0.29) is 23.1 Å². The smallest absolute Gasteiger partial charge is 0.273 e. The van der Waals surface area contributed by atoms with Crippen molar-refractivity contribution < 1.29 is 18.8 Å². The van der Waals surface area contributed by atoms with Crippen LogP contribution in [0.15, 0.2) is 42.5 Å². The van der Waals surface area contributed by atoms with Gasteiger partial charge in [0.2, 0.25) is 0 Å². The van der Waals surface area contributed by atoms with Crippen molar-refractivity contribution in [3.05, 3.63) is 64.0 Å². The van der Waals surface area contributed by atoms with Gasteiger partial charge in [0.1, 0.15) is 11.6 Å². The Labute approximate surface area is 150 Å². The quantitative estimate of drug-likeness (QED) is 0.620. The fourth-order valence-electron chi connectivity index (χ4n) is 2.98. The number of anilines is 1. The number of nitro benzene ring substituents is 1. The highest BCUT2D eigenvalue weighted by atomic mass is 19.1. The Hall–Kier alpha value is -2.96. The van der Waals surface area contributed by atoms with Crippen molar-refractivity contribution in [2.24, 2.45) is 0 Å². The lowest BCUT2D eigenvalue weighted by Gasteiger charge is -2.24. The molecule has 7 heteroatoms. The van der Waals surface area contributed by atoms with Gasteiger partial charge in [-0.1, -0.05) is 6.42 Å². The summed E-state index contributed by atoms with van der Waals surface area (Å²) in [4.78, 5) is 22.9. The maximum Gasteiger partial charge on any atom is 0.273 e. The number of rotatable bonds is 5. The largest absolute Gasteiger partial charge is 0.488 e. The van der Waals surface area contributed by atoms with Gasteiger partial charge in [0, 0.05) is 11.6 Å². The van der Waals surface area contributed by atoms with Crippen molar-refractivity contribution in [3.8, 4) is 5.75 Å². The van der Waals surface area contributed by atoms with Gasteiger partial charge in [-0.25, -0.2) is 4.39 Å². The Kier molecular flexibility index (Phi) is 5.46. The van der Waals surface area contributed by atoms with Crippen molar-refractivity contribution in [2.45, 2.75) is 38.2 Å². The van der Waals surface area contributed by atoms with Crippen molar-refractivity contribution >= 4 is 17.3 Å². The Morgan fingerprint density at radius 1 is 1.12 bits per heavy atom. The van der Waals surface area contributed by atoms with E-state index in [1.54, 1.807) is 0 Å². The highest BCUT2D eigenvalue weighted by Gasteiger charge is 2.20. The molecule has 0 aromatic heterocycles. The van der Waals surface area contributed by atoms with Crippen molar-refractivity contribution in [1.29, 1.82) is 0 Å². The van der Waals surface area contributed by atoms with Gasteiger partial charge in [-0.15, -0.1) is 0 Å². The summed E-state index contributed by atoms with van der Waals surface area (Å²) in [6.07, 6.45) is 5.01. The molecular formula is C19H19FN2O4. The molecule has 1 N–H and O–H groups in total. The fraction of sp³-hybridized carbons (Fsp3) is 0.316. The number of halogens is 1. The van der Waals surface area contributed by atoms with Crippen molar-refractivity contribution in [1.82, 2.24) is 0 Å². The molecule has 1 amide bonds. The minimum absolute atomic E-state index is 0.0211. The zero-order chi connectivity index (χ0) is 18.5. The maximum absolute atomic E-state index is 13.0. The molecular weight excluding hydrogens is 339 g/mol. The summed E-state index contributed by atoms with van der Waals surface area (Å²) < 4.78 is 19.0. The zero-order valence-corrected chi connectivity index (χ0v) is 14.1. The van der Waals surface area contributed by atoms with E-state index < -0.39 is 16.6 Å². The first-order valence-corrected chi connectivity index (χ1v) is 8.55. The monoisotopic (exact) mass is 358 g/mol. The zero-order valence-electron chi connectivity index (χ0n) is 14.1. The minimum Gasteiger partial charge on any atom is -0.488 e. The molecule has 0 unspecified atom stereocenters. The second-order valence-corrected chi connectivity index (χ2v) is 6.28. The third-order valence-corrected chi connectivity index (χ3v) is 4.38. The lowest BCUT2D eigenvalue weighted by Crippen LogP contribution is -2.21. The molecule has 0 aliphatic heterocycles. The first-order valence-electron chi connectivity index (χ1n) is 8.55. The van der Waals surface area contributed by atoms with Gasteiger partial charge in [0.05, 0.1) is 22.8 Å². The highest BCUT2D eigenvalue weighted by Crippen LogP contribution is 2.33. The maximum atomic E-state index is 13.0. The highest BCUT2D eigenvalue weighted by molar-refractivity contribution is 6.05. The SMILES string of the molecule is O=C(Nc1ccc([N+](=O)[O-])cc1OC1CCCCC1)c1ccc(F)cc1. The molecule has 0 bridgehead atoms. The van der Waals surface area contributed by atoms with Crippen LogP contribution in [-0.4, -0.2) is 16.9 Å².